The zero-order valence-electron chi connectivity index (χ0n) is 10.5. The average Bonchev–Trinajstić information content (AvgIpc) is 2.32. The SMILES string of the molecule is Cc1cc(Br)cnc1NC(=O)C1CCCCS1(=O)=O. The predicted octanol–water partition coefficient (Wildman–Crippen LogP) is 2.06. The van der Waals surface area contributed by atoms with Crippen molar-refractivity contribution >= 4 is 37.5 Å². The lowest BCUT2D eigenvalue weighted by Gasteiger charge is -2.21. The van der Waals surface area contributed by atoms with E-state index in [9.17, 15) is 13.2 Å². The molecule has 0 radical (unpaired) electrons. The number of anilines is 1. The molecule has 1 amide bonds. The maximum absolute atomic E-state index is 12.1. The number of rotatable bonds is 2. The number of sulfone groups is 1. The van der Waals surface area contributed by atoms with Gasteiger partial charge in [-0.25, -0.2) is 13.4 Å². The molecular weight excluding hydrogens is 332 g/mol. The van der Waals surface area contributed by atoms with Crippen LogP contribution in [0, 0.1) is 6.92 Å². The highest BCUT2D eigenvalue weighted by atomic mass is 79.9. The van der Waals surface area contributed by atoms with E-state index in [1.807, 2.05) is 13.0 Å². The van der Waals surface area contributed by atoms with Crippen LogP contribution in [0.3, 0.4) is 0 Å². The maximum Gasteiger partial charge on any atom is 0.243 e. The van der Waals surface area contributed by atoms with E-state index in [-0.39, 0.29) is 5.75 Å². The standard InChI is InChI=1S/C12H15BrN2O3S/c1-8-6-9(13)7-14-11(8)15-12(16)10-4-2-3-5-19(10,17)18/h6-7,10H,2-5H2,1H3,(H,14,15,16). The van der Waals surface area contributed by atoms with Crippen LogP contribution in [-0.4, -0.2) is 30.3 Å². The topological polar surface area (TPSA) is 76.1 Å². The van der Waals surface area contributed by atoms with Crippen molar-refractivity contribution in [1.29, 1.82) is 0 Å². The molecule has 5 nitrogen and oxygen atoms in total. The Morgan fingerprint density at radius 1 is 1.47 bits per heavy atom. The van der Waals surface area contributed by atoms with Gasteiger partial charge in [0.25, 0.3) is 0 Å². The Labute approximate surface area is 120 Å². The molecule has 1 aromatic rings. The summed E-state index contributed by atoms with van der Waals surface area (Å²) < 4.78 is 24.5. The number of hydrogen-bond donors (Lipinski definition) is 1. The molecule has 0 spiro atoms. The van der Waals surface area contributed by atoms with Crippen molar-refractivity contribution in [3.63, 3.8) is 0 Å². The second-order valence-corrected chi connectivity index (χ2v) is 7.88. The van der Waals surface area contributed by atoms with E-state index in [2.05, 4.69) is 26.2 Å². The minimum absolute atomic E-state index is 0.0951. The lowest BCUT2D eigenvalue weighted by Crippen LogP contribution is -2.39. The Balaban J connectivity index is 2.17. The molecule has 1 N–H and O–H groups in total. The molecule has 1 aromatic heterocycles. The van der Waals surface area contributed by atoms with E-state index < -0.39 is 21.0 Å². The fourth-order valence-electron chi connectivity index (χ4n) is 2.12. The summed E-state index contributed by atoms with van der Waals surface area (Å²) in [4.78, 5) is 16.2. The van der Waals surface area contributed by atoms with E-state index in [1.165, 1.54) is 0 Å². The van der Waals surface area contributed by atoms with Crippen molar-refractivity contribution in [3.05, 3.63) is 22.3 Å². The molecule has 1 atom stereocenters. The van der Waals surface area contributed by atoms with Crippen LogP contribution in [0.1, 0.15) is 24.8 Å². The highest BCUT2D eigenvalue weighted by Crippen LogP contribution is 2.22. The van der Waals surface area contributed by atoms with Crippen LogP contribution in [0.4, 0.5) is 5.82 Å². The molecule has 7 heteroatoms. The number of hydrogen-bond acceptors (Lipinski definition) is 4. The van der Waals surface area contributed by atoms with Crippen LogP contribution < -0.4 is 5.32 Å². The quantitative estimate of drug-likeness (QED) is 0.889. The minimum Gasteiger partial charge on any atom is -0.309 e. The van der Waals surface area contributed by atoms with Crippen molar-refractivity contribution in [2.24, 2.45) is 0 Å². The summed E-state index contributed by atoms with van der Waals surface area (Å²) >= 11 is 3.29. The predicted molar refractivity (Wildman–Crippen MR) is 76.7 cm³/mol. The molecule has 0 aliphatic carbocycles. The second-order valence-electron chi connectivity index (χ2n) is 4.66. The van der Waals surface area contributed by atoms with Gasteiger partial charge in [0.1, 0.15) is 11.1 Å². The van der Waals surface area contributed by atoms with E-state index in [1.54, 1.807) is 6.20 Å². The first kappa shape index (κ1) is 14.5. The number of aryl methyl sites for hydroxylation is 1. The van der Waals surface area contributed by atoms with Crippen molar-refractivity contribution in [2.75, 3.05) is 11.1 Å². The fourth-order valence-corrected chi connectivity index (χ4v) is 4.37. The minimum atomic E-state index is -3.31. The smallest absolute Gasteiger partial charge is 0.243 e. The van der Waals surface area contributed by atoms with Gasteiger partial charge in [0.2, 0.25) is 5.91 Å². The molecular formula is C12H15BrN2O3S. The number of amides is 1. The van der Waals surface area contributed by atoms with Crippen LogP contribution in [-0.2, 0) is 14.6 Å². The summed E-state index contributed by atoms with van der Waals surface area (Å²) in [7, 11) is -3.31. The second kappa shape index (κ2) is 5.58. The van der Waals surface area contributed by atoms with Gasteiger partial charge in [-0.05, 0) is 47.3 Å². The van der Waals surface area contributed by atoms with Crippen molar-refractivity contribution in [3.8, 4) is 0 Å². The molecule has 1 aliphatic heterocycles. The summed E-state index contributed by atoms with van der Waals surface area (Å²) in [6.07, 6.45) is 3.37. The number of halogens is 1. The number of nitrogens with one attached hydrogen (secondary N) is 1. The third-order valence-electron chi connectivity index (χ3n) is 3.16. The highest BCUT2D eigenvalue weighted by Gasteiger charge is 2.35. The number of nitrogens with zero attached hydrogens (tertiary/aromatic N) is 1. The number of aromatic nitrogens is 1. The van der Waals surface area contributed by atoms with Gasteiger partial charge in [-0.1, -0.05) is 6.42 Å². The van der Waals surface area contributed by atoms with Gasteiger partial charge in [0, 0.05) is 10.7 Å². The Kier molecular flexibility index (Phi) is 4.25. The molecule has 2 heterocycles. The Morgan fingerprint density at radius 2 is 2.21 bits per heavy atom. The first-order valence-corrected chi connectivity index (χ1v) is 8.55. The Morgan fingerprint density at radius 3 is 2.84 bits per heavy atom. The fraction of sp³-hybridized carbons (Fsp3) is 0.500. The lowest BCUT2D eigenvalue weighted by atomic mass is 10.2. The molecule has 0 bridgehead atoms. The van der Waals surface area contributed by atoms with Gasteiger partial charge in [0.15, 0.2) is 9.84 Å². The molecule has 1 aliphatic rings. The maximum atomic E-state index is 12.1. The van der Waals surface area contributed by atoms with Crippen LogP contribution in [0.15, 0.2) is 16.7 Å². The molecule has 1 fully saturated rings. The van der Waals surface area contributed by atoms with Gasteiger partial charge < -0.3 is 5.32 Å². The number of pyridine rings is 1. The zero-order valence-corrected chi connectivity index (χ0v) is 12.9. The monoisotopic (exact) mass is 346 g/mol. The molecule has 0 saturated carbocycles. The first-order valence-electron chi connectivity index (χ1n) is 6.05. The molecule has 19 heavy (non-hydrogen) atoms. The Bertz CT molecular complexity index is 601. The van der Waals surface area contributed by atoms with E-state index >= 15 is 0 Å². The van der Waals surface area contributed by atoms with E-state index in [4.69, 9.17) is 0 Å². The third-order valence-corrected chi connectivity index (χ3v) is 5.77. The first-order chi connectivity index (χ1) is 8.90. The molecule has 0 aromatic carbocycles. The van der Waals surface area contributed by atoms with Crippen LogP contribution in [0.25, 0.3) is 0 Å². The summed E-state index contributed by atoms with van der Waals surface area (Å²) in [5.41, 5.74) is 0.788. The Hall–Kier alpha value is -0.950. The third kappa shape index (κ3) is 3.33. The summed E-state index contributed by atoms with van der Waals surface area (Å²) in [5.74, 6) is 0.0317. The number of carbonyl (C=O) groups excluding carboxylic acids is 1. The zero-order chi connectivity index (χ0) is 14.0. The molecule has 1 unspecified atom stereocenters. The number of carbonyl (C=O) groups is 1. The van der Waals surface area contributed by atoms with Crippen molar-refractivity contribution in [1.82, 2.24) is 4.98 Å². The van der Waals surface area contributed by atoms with E-state index in [0.29, 0.717) is 18.7 Å². The van der Waals surface area contributed by atoms with Crippen LogP contribution >= 0.6 is 15.9 Å². The van der Waals surface area contributed by atoms with Crippen molar-refractivity contribution < 1.29 is 13.2 Å². The van der Waals surface area contributed by atoms with Gasteiger partial charge in [0.05, 0.1) is 5.75 Å². The average molecular weight is 347 g/mol. The summed E-state index contributed by atoms with van der Waals surface area (Å²) in [5, 5.41) is 1.67. The van der Waals surface area contributed by atoms with Gasteiger partial charge in [-0.3, -0.25) is 4.79 Å². The lowest BCUT2D eigenvalue weighted by molar-refractivity contribution is -0.116. The molecule has 104 valence electrons. The largest absolute Gasteiger partial charge is 0.309 e. The molecule has 1 saturated heterocycles. The van der Waals surface area contributed by atoms with Crippen molar-refractivity contribution in [2.45, 2.75) is 31.4 Å². The van der Waals surface area contributed by atoms with Crippen LogP contribution in [0.2, 0.25) is 0 Å². The normalized spacial score (nSPS) is 21.9. The van der Waals surface area contributed by atoms with E-state index in [0.717, 1.165) is 16.5 Å². The van der Waals surface area contributed by atoms with Gasteiger partial charge in [-0.2, -0.15) is 0 Å². The molecule has 2 rings (SSSR count). The van der Waals surface area contributed by atoms with Gasteiger partial charge >= 0.3 is 0 Å². The van der Waals surface area contributed by atoms with Crippen LogP contribution in [0.5, 0.6) is 0 Å². The highest BCUT2D eigenvalue weighted by molar-refractivity contribution is 9.10. The summed E-state index contributed by atoms with van der Waals surface area (Å²) in [6, 6.07) is 1.82. The summed E-state index contributed by atoms with van der Waals surface area (Å²) in [6.45, 7) is 1.81. The van der Waals surface area contributed by atoms with Gasteiger partial charge in [-0.15, -0.1) is 0 Å².